The number of carbonyl (C=O) groups is 2. The first kappa shape index (κ1) is 18.6. The first-order chi connectivity index (χ1) is 11.2. The van der Waals surface area contributed by atoms with Gasteiger partial charge in [-0.15, -0.1) is 0 Å². The molecule has 0 aromatic carbocycles. The molecule has 2 rings (SSSR count). The summed E-state index contributed by atoms with van der Waals surface area (Å²) in [6.45, 7) is 3.20. The van der Waals surface area contributed by atoms with Crippen LogP contribution in [0.5, 0.6) is 0 Å². The zero-order chi connectivity index (χ0) is 16.5. The fraction of sp³-hybridized carbons (Fsp3) is 0.882. The van der Waals surface area contributed by atoms with Gasteiger partial charge >= 0.3 is 0 Å². The molecule has 2 saturated heterocycles. The fourth-order valence-electron chi connectivity index (χ4n) is 3.28. The van der Waals surface area contributed by atoms with E-state index in [4.69, 9.17) is 4.74 Å². The van der Waals surface area contributed by atoms with Crippen LogP contribution in [0.15, 0.2) is 0 Å². The quantitative estimate of drug-likeness (QED) is 0.733. The van der Waals surface area contributed by atoms with Gasteiger partial charge in [-0.3, -0.25) is 9.59 Å². The molecule has 0 saturated carbocycles. The topological polar surface area (TPSA) is 58.6 Å². The smallest absolute Gasteiger partial charge is 0.223 e. The zero-order valence-electron chi connectivity index (χ0n) is 14.2. The second-order valence-electron chi connectivity index (χ2n) is 6.54. The molecule has 2 aliphatic heterocycles. The molecular formula is C17H30N2O3S. The molecule has 2 amide bonds. The Labute approximate surface area is 143 Å². The van der Waals surface area contributed by atoms with Crippen molar-refractivity contribution in [2.45, 2.75) is 51.0 Å². The molecule has 0 aliphatic carbocycles. The van der Waals surface area contributed by atoms with Crippen LogP contribution in [0.25, 0.3) is 0 Å². The van der Waals surface area contributed by atoms with Gasteiger partial charge in [-0.2, -0.15) is 11.8 Å². The number of likely N-dealkylation sites (tertiary alicyclic amines) is 1. The van der Waals surface area contributed by atoms with Crippen molar-refractivity contribution in [1.82, 2.24) is 10.2 Å². The third-order valence-electron chi connectivity index (χ3n) is 4.82. The monoisotopic (exact) mass is 342 g/mol. The molecular weight excluding hydrogens is 312 g/mol. The van der Waals surface area contributed by atoms with Crippen molar-refractivity contribution < 1.29 is 14.3 Å². The Bertz CT molecular complexity index is 378. The number of rotatable bonds is 8. The van der Waals surface area contributed by atoms with Gasteiger partial charge in [0.25, 0.3) is 0 Å². The van der Waals surface area contributed by atoms with E-state index in [9.17, 15) is 9.59 Å². The average molecular weight is 343 g/mol. The molecule has 0 unspecified atom stereocenters. The van der Waals surface area contributed by atoms with Gasteiger partial charge in [0.2, 0.25) is 11.8 Å². The first-order valence-corrected chi connectivity index (χ1v) is 10.2. The van der Waals surface area contributed by atoms with E-state index in [2.05, 4.69) is 5.32 Å². The molecule has 1 atom stereocenters. The average Bonchev–Trinajstić information content (AvgIpc) is 3.10. The number of ether oxygens (including phenoxy) is 1. The molecule has 2 heterocycles. The largest absolute Gasteiger partial charge is 0.376 e. The minimum atomic E-state index is 0.138. The molecule has 5 nitrogen and oxygen atoms in total. The van der Waals surface area contributed by atoms with Gasteiger partial charge in [-0.25, -0.2) is 0 Å². The van der Waals surface area contributed by atoms with Crippen molar-refractivity contribution in [3.63, 3.8) is 0 Å². The number of hydrogen-bond acceptors (Lipinski definition) is 4. The lowest BCUT2D eigenvalue weighted by Crippen LogP contribution is -2.39. The molecule has 6 heteroatoms. The van der Waals surface area contributed by atoms with E-state index in [1.54, 1.807) is 11.8 Å². The lowest BCUT2D eigenvalue weighted by atomic mass is 9.92. The van der Waals surface area contributed by atoms with Crippen LogP contribution in [-0.2, 0) is 14.3 Å². The van der Waals surface area contributed by atoms with Crippen LogP contribution in [0, 0.1) is 5.92 Å². The highest BCUT2D eigenvalue weighted by molar-refractivity contribution is 7.98. The van der Waals surface area contributed by atoms with Crippen molar-refractivity contribution in [1.29, 1.82) is 0 Å². The van der Waals surface area contributed by atoms with Crippen LogP contribution in [0.2, 0.25) is 0 Å². The number of piperidine rings is 1. The second kappa shape index (κ2) is 10.2. The number of nitrogens with one attached hydrogen (secondary N) is 1. The molecule has 0 radical (unpaired) electrons. The van der Waals surface area contributed by atoms with E-state index in [0.717, 1.165) is 57.6 Å². The van der Waals surface area contributed by atoms with Crippen LogP contribution in [-0.4, -0.2) is 61.1 Å². The highest BCUT2D eigenvalue weighted by atomic mass is 32.2. The van der Waals surface area contributed by atoms with Gasteiger partial charge in [0, 0.05) is 44.8 Å². The summed E-state index contributed by atoms with van der Waals surface area (Å²) < 4.78 is 5.51. The summed E-state index contributed by atoms with van der Waals surface area (Å²) in [7, 11) is 0. The lowest BCUT2D eigenvalue weighted by Gasteiger charge is -2.32. The van der Waals surface area contributed by atoms with Crippen molar-refractivity contribution in [2.75, 3.05) is 38.2 Å². The fourth-order valence-corrected chi connectivity index (χ4v) is 3.65. The van der Waals surface area contributed by atoms with Gasteiger partial charge in [0.1, 0.15) is 0 Å². The number of carbonyl (C=O) groups excluding carboxylic acids is 2. The van der Waals surface area contributed by atoms with E-state index in [1.807, 2.05) is 11.2 Å². The molecule has 0 spiro atoms. The van der Waals surface area contributed by atoms with Crippen molar-refractivity contribution >= 4 is 23.6 Å². The van der Waals surface area contributed by atoms with Crippen LogP contribution in [0.3, 0.4) is 0 Å². The Kier molecular flexibility index (Phi) is 8.23. The van der Waals surface area contributed by atoms with Gasteiger partial charge in [-0.05, 0) is 44.3 Å². The van der Waals surface area contributed by atoms with Gasteiger partial charge in [-0.1, -0.05) is 0 Å². The van der Waals surface area contributed by atoms with Crippen molar-refractivity contribution in [3.8, 4) is 0 Å². The highest BCUT2D eigenvalue weighted by Crippen LogP contribution is 2.22. The first-order valence-electron chi connectivity index (χ1n) is 8.84. The number of amides is 2. The minimum Gasteiger partial charge on any atom is -0.376 e. The maximum absolute atomic E-state index is 12.0. The summed E-state index contributed by atoms with van der Waals surface area (Å²) in [5, 5.41) is 2.98. The molecule has 0 aromatic rings. The number of thioether (sulfide) groups is 1. The van der Waals surface area contributed by atoms with Gasteiger partial charge in [0.15, 0.2) is 0 Å². The minimum absolute atomic E-state index is 0.138. The molecule has 2 fully saturated rings. The SMILES string of the molecule is CSCCC(=O)N1CCC(CCC(=O)NC[C@H]2CCCO2)CC1. The summed E-state index contributed by atoms with van der Waals surface area (Å²) in [5.41, 5.74) is 0. The van der Waals surface area contributed by atoms with Crippen molar-refractivity contribution in [2.24, 2.45) is 5.92 Å². The highest BCUT2D eigenvalue weighted by Gasteiger charge is 2.23. The van der Waals surface area contributed by atoms with E-state index in [-0.39, 0.29) is 17.9 Å². The Morgan fingerprint density at radius 1 is 1.22 bits per heavy atom. The summed E-state index contributed by atoms with van der Waals surface area (Å²) in [5.74, 6) is 1.91. The third-order valence-corrected chi connectivity index (χ3v) is 5.43. The summed E-state index contributed by atoms with van der Waals surface area (Å²) in [4.78, 5) is 25.9. The maximum Gasteiger partial charge on any atom is 0.223 e. The molecule has 0 bridgehead atoms. The van der Waals surface area contributed by atoms with Gasteiger partial charge in [0.05, 0.1) is 6.10 Å². The van der Waals surface area contributed by atoms with Gasteiger partial charge < -0.3 is 15.0 Å². The van der Waals surface area contributed by atoms with E-state index < -0.39 is 0 Å². The van der Waals surface area contributed by atoms with Crippen LogP contribution < -0.4 is 5.32 Å². The molecule has 0 aromatic heterocycles. The molecule has 132 valence electrons. The Hall–Kier alpha value is -0.750. The Balaban J connectivity index is 1.55. The third kappa shape index (κ3) is 6.71. The van der Waals surface area contributed by atoms with Crippen LogP contribution in [0.4, 0.5) is 0 Å². The van der Waals surface area contributed by atoms with E-state index >= 15 is 0 Å². The van der Waals surface area contributed by atoms with E-state index in [0.29, 0.717) is 25.3 Å². The maximum atomic E-state index is 12.0. The lowest BCUT2D eigenvalue weighted by molar-refractivity contribution is -0.132. The second-order valence-corrected chi connectivity index (χ2v) is 7.53. The number of hydrogen-bond donors (Lipinski definition) is 1. The van der Waals surface area contributed by atoms with Crippen LogP contribution >= 0.6 is 11.8 Å². The number of nitrogens with zero attached hydrogens (tertiary/aromatic N) is 1. The predicted molar refractivity (Wildman–Crippen MR) is 93.5 cm³/mol. The Morgan fingerprint density at radius 3 is 2.65 bits per heavy atom. The summed E-state index contributed by atoms with van der Waals surface area (Å²) >= 11 is 1.72. The Morgan fingerprint density at radius 2 is 2.00 bits per heavy atom. The normalized spacial score (nSPS) is 22.3. The molecule has 2 aliphatic rings. The molecule has 1 N–H and O–H groups in total. The van der Waals surface area contributed by atoms with E-state index in [1.165, 1.54) is 0 Å². The summed E-state index contributed by atoms with van der Waals surface area (Å²) in [6, 6.07) is 0. The van der Waals surface area contributed by atoms with Crippen molar-refractivity contribution in [3.05, 3.63) is 0 Å². The zero-order valence-corrected chi connectivity index (χ0v) is 15.0. The predicted octanol–water partition coefficient (Wildman–Crippen LogP) is 2.05. The molecule has 23 heavy (non-hydrogen) atoms. The summed E-state index contributed by atoms with van der Waals surface area (Å²) in [6.07, 6.45) is 8.66. The standard InChI is InChI=1S/C17H30N2O3S/c1-23-12-8-17(21)19-9-6-14(7-10-19)4-5-16(20)18-13-15-3-2-11-22-15/h14-15H,2-13H2,1H3,(H,18,20)/t15-/m1/s1. The van der Waals surface area contributed by atoms with Crippen LogP contribution in [0.1, 0.15) is 44.9 Å².